The maximum Gasteiger partial charge on any atom is 0.199 e. The summed E-state index contributed by atoms with van der Waals surface area (Å²) < 4.78 is 15.6. The molecule has 0 saturated heterocycles. The smallest absolute Gasteiger partial charge is 0.199 e. The van der Waals surface area contributed by atoms with Gasteiger partial charge in [0.05, 0.1) is 26.9 Å². The van der Waals surface area contributed by atoms with Crippen molar-refractivity contribution in [2.24, 2.45) is 0 Å². The molecule has 0 saturated carbocycles. The van der Waals surface area contributed by atoms with Crippen LogP contribution in [0.2, 0.25) is 0 Å². The van der Waals surface area contributed by atoms with Gasteiger partial charge in [0.2, 0.25) is 0 Å². The number of ether oxygens (including phenoxy) is 2. The fourth-order valence-corrected chi connectivity index (χ4v) is 4.31. The van der Waals surface area contributed by atoms with E-state index in [-0.39, 0.29) is 6.04 Å². The van der Waals surface area contributed by atoms with E-state index in [2.05, 4.69) is 53.0 Å². The van der Waals surface area contributed by atoms with E-state index < -0.39 is 0 Å². The maximum absolute atomic E-state index is 5.62. The zero-order valence-corrected chi connectivity index (χ0v) is 18.1. The molecule has 7 heteroatoms. The molecule has 1 aromatic heterocycles. The van der Waals surface area contributed by atoms with Crippen molar-refractivity contribution >= 4 is 12.2 Å². The molecule has 1 aliphatic heterocycles. The molecule has 2 aromatic carbocycles. The van der Waals surface area contributed by atoms with Crippen LogP contribution in [0, 0.1) is 4.77 Å². The van der Waals surface area contributed by atoms with E-state index >= 15 is 0 Å². The second kappa shape index (κ2) is 8.85. The molecule has 1 atom stereocenters. The third-order valence-corrected chi connectivity index (χ3v) is 5.97. The number of fused-ring (bicyclic) bond motifs is 1. The SMILES string of the molecule is C=CCn1cnn(CN2CCc3cc(OC)c(OC)cc3[C@@H]2c2ccccc2)c1=S. The number of nitrogens with zero attached hydrogens (tertiary/aromatic N) is 4. The van der Waals surface area contributed by atoms with Crippen molar-refractivity contribution in [2.45, 2.75) is 25.7 Å². The van der Waals surface area contributed by atoms with Crippen molar-refractivity contribution in [1.82, 2.24) is 19.2 Å². The first-order valence-corrected chi connectivity index (χ1v) is 10.3. The summed E-state index contributed by atoms with van der Waals surface area (Å²) >= 11 is 5.62. The molecule has 0 amide bonds. The number of hydrogen-bond acceptors (Lipinski definition) is 5. The van der Waals surface area contributed by atoms with Gasteiger partial charge < -0.3 is 14.0 Å². The van der Waals surface area contributed by atoms with Crippen molar-refractivity contribution in [3.63, 3.8) is 0 Å². The molecule has 4 rings (SSSR count). The van der Waals surface area contributed by atoms with Crippen LogP contribution in [0.5, 0.6) is 11.5 Å². The Morgan fingerprint density at radius 2 is 1.90 bits per heavy atom. The molecule has 2 heterocycles. The van der Waals surface area contributed by atoms with Crippen LogP contribution < -0.4 is 9.47 Å². The first kappa shape index (κ1) is 20.4. The predicted octanol–water partition coefficient (Wildman–Crippen LogP) is 4.22. The van der Waals surface area contributed by atoms with Crippen molar-refractivity contribution in [2.75, 3.05) is 20.8 Å². The van der Waals surface area contributed by atoms with E-state index in [1.54, 1.807) is 20.5 Å². The summed E-state index contributed by atoms with van der Waals surface area (Å²) in [5.74, 6) is 1.51. The van der Waals surface area contributed by atoms with Crippen LogP contribution >= 0.6 is 12.2 Å². The zero-order chi connectivity index (χ0) is 21.1. The maximum atomic E-state index is 5.62. The average Bonchev–Trinajstić information content (AvgIpc) is 3.12. The third-order valence-electron chi connectivity index (χ3n) is 5.53. The number of aromatic nitrogens is 3. The van der Waals surface area contributed by atoms with Crippen LogP contribution in [0.4, 0.5) is 0 Å². The topological polar surface area (TPSA) is 44.5 Å². The van der Waals surface area contributed by atoms with Crippen molar-refractivity contribution in [3.8, 4) is 11.5 Å². The Hall–Kier alpha value is -2.90. The second-order valence-electron chi connectivity index (χ2n) is 7.28. The molecule has 30 heavy (non-hydrogen) atoms. The molecule has 0 bridgehead atoms. The molecular weight excluding hydrogens is 396 g/mol. The number of methoxy groups -OCH3 is 2. The Morgan fingerprint density at radius 3 is 2.60 bits per heavy atom. The molecule has 156 valence electrons. The summed E-state index contributed by atoms with van der Waals surface area (Å²) in [7, 11) is 3.35. The zero-order valence-electron chi connectivity index (χ0n) is 17.3. The molecule has 1 aliphatic rings. The standard InChI is InChI=1S/C23H26N4O2S/c1-4-11-25-15-24-27(23(25)30)16-26-12-10-18-13-20(28-2)21(29-3)14-19(18)22(26)17-8-6-5-7-9-17/h4-9,13-15,22H,1,10-12,16H2,2-3H3/t22-/m0/s1. The Bertz CT molecular complexity index is 1090. The largest absolute Gasteiger partial charge is 0.493 e. The Labute approximate surface area is 182 Å². The summed E-state index contributed by atoms with van der Waals surface area (Å²) in [5, 5.41) is 4.51. The first-order valence-electron chi connectivity index (χ1n) is 9.93. The number of benzene rings is 2. The fourth-order valence-electron chi connectivity index (χ4n) is 4.08. The minimum Gasteiger partial charge on any atom is -0.493 e. The van der Waals surface area contributed by atoms with Gasteiger partial charge in [0.1, 0.15) is 6.33 Å². The van der Waals surface area contributed by atoms with E-state index in [1.165, 1.54) is 16.7 Å². The van der Waals surface area contributed by atoms with Gasteiger partial charge in [-0.3, -0.25) is 4.90 Å². The lowest BCUT2D eigenvalue weighted by Crippen LogP contribution is -2.37. The fraction of sp³-hybridized carbons (Fsp3) is 0.304. The normalized spacial score (nSPS) is 16.1. The second-order valence-corrected chi connectivity index (χ2v) is 7.64. The summed E-state index contributed by atoms with van der Waals surface area (Å²) in [4.78, 5) is 2.41. The van der Waals surface area contributed by atoms with Gasteiger partial charge in [0.25, 0.3) is 0 Å². The number of allylic oxidation sites excluding steroid dienone is 1. The highest BCUT2D eigenvalue weighted by atomic mass is 32.1. The van der Waals surface area contributed by atoms with Crippen LogP contribution in [0.1, 0.15) is 22.7 Å². The molecule has 6 nitrogen and oxygen atoms in total. The minimum absolute atomic E-state index is 0.0706. The lowest BCUT2D eigenvalue weighted by Gasteiger charge is -2.37. The van der Waals surface area contributed by atoms with Gasteiger partial charge in [0.15, 0.2) is 16.3 Å². The Balaban J connectivity index is 1.76. The van der Waals surface area contributed by atoms with Crippen LogP contribution in [0.15, 0.2) is 61.4 Å². The van der Waals surface area contributed by atoms with E-state index in [0.29, 0.717) is 18.0 Å². The monoisotopic (exact) mass is 422 g/mol. The molecule has 0 fully saturated rings. The van der Waals surface area contributed by atoms with Gasteiger partial charge in [-0.05, 0) is 47.5 Å². The van der Waals surface area contributed by atoms with E-state index in [9.17, 15) is 0 Å². The van der Waals surface area contributed by atoms with Crippen LogP contribution in [0.25, 0.3) is 0 Å². The molecule has 0 spiro atoms. The summed E-state index contributed by atoms with van der Waals surface area (Å²) in [5.41, 5.74) is 3.73. The average molecular weight is 423 g/mol. The highest BCUT2D eigenvalue weighted by Crippen LogP contribution is 2.41. The summed E-state index contributed by atoms with van der Waals surface area (Å²) in [6, 6.07) is 14.8. The van der Waals surface area contributed by atoms with E-state index in [4.69, 9.17) is 21.7 Å². The van der Waals surface area contributed by atoms with E-state index in [0.717, 1.165) is 24.5 Å². The van der Waals surface area contributed by atoms with Crippen molar-refractivity contribution in [1.29, 1.82) is 0 Å². The number of hydrogen-bond donors (Lipinski definition) is 0. The van der Waals surface area contributed by atoms with Gasteiger partial charge in [-0.15, -0.1) is 6.58 Å². The van der Waals surface area contributed by atoms with Crippen molar-refractivity contribution < 1.29 is 9.47 Å². The lowest BCUT2D eigenvalue weighted by molar-refractivity contribution is 0.154. The molecule has 0 aliphatic carbocycles. The molecule has 3 aromatic rings. The van der Waals surface area contributed by atoms with Gasteiger partial charge in [0, 0.05) is 13.1 Å². The third kappa shape index (κ3) is 3.78. The molecular formula is C23H26N4O2S. The molecule has 0 N–H and O–H groups in total. The first-order chi connectivity index (χ1) is 14.7. The Morgan fingerprint density at radius 1 is 1.17 bits per heavy atom. The van der Waals surface area contributed by atoms with Crippen LogP contribution in [-0.2, 0) is 19.6 Å². The minimum atomic E-state index is 0.0706. The molecule has 0 radical (unpaired) electrons. The lowest BCUT2D eigenvalue weighted by atomic mass is 9.88. The van der Waals surface area contributed by atoms with Gasteiger partial charge in [-0.1, -0.05) is 36.4 Å². The highest BCUT2D eigenvalue weighted by Gasteiger charge is 2.30. The van der Waals surface area contributed by atoms with Gasteiger partial charge in [-0.25, -0.2) is 4.68 Å². The Kier molecular flexibility index (Phi) is 6.01. The predicted molar refractivity (Wildman–Crippen MR) is 119 cm³/mol. The van der Waals surface area contributed by atoms with Crippen LogP contribution in [-0.4, -0.2) is 40.0 Å². The quantitative estimate of drug-likeness (QED) is 0.421. The summed E-state index contributed by atoms with van der Waals surface area (Å²) in [6.45, 7) is 5.94. The van der Waals surface area contributed by atoms with Gasteiger partial charge >= 0.3 is 0 Å². The number of rotatable bonds is 7. The summed E-state index contributed by atoms with van der Waals surface area (Å²) in [6.07, 6.45) is 4.51. The molecule has 0 unspecified atom stereocenters. The van der Waals surface area contributed by atoms with E-state index in [1.807, 2.05) is 21.4 Å². The van der Waals surface area contributed by atoms with Crippen molar-refractivity contribution in [3.05, 3.63) is 82.9 Å². The van der Waals surface area contributed by atoms with Crippen LogP contribution in [0.3, 0.4) is 0 Å². The van der Waals surface area contributed by atoms with Gasteiger partial charge in [-0.2, -0.15) is 5.10 Å². The highest BCUT2D eigenvalue weighted by molar-refractivity contribution is 7.71.